The lowest BCUT2D eigenvalue weighted by molar-refractivity contribution is -0.254. The quantitative estimate of drug-likeness (QED) is 0.167. The van der Waals surface area contributed by atoms with E-state index in [0.717, 1.165) is 24.0 Å². The zero-order chi connectivity index (χ0) is 37.3. The number of ketones is 1. The molecule has 2 bridgehead atoms. The van der Waals surface area contributed by atoms with Gasteiger partial charge in [0.15, 0.2) is 12.1 Å². The van der Waals surface area contributed by atoms with Crippen LogP contribution in [-0.4, -0.2) is 87.0 Å². The number of carbonyl (C=O) groups is 2. The summed E-state index contributed by atoms with van der Waals surface area (Å²) in [4.78, 5) is 25.9. The Morgan fingerprint density at radius 1 is 1.06 bits per heavy atom. The highest BCUT2D eigenvalue weighted by atomic mass is 16.7. The molecule has 1 fully saturated rings. The van der Waals surface area contributed by atoms with Crippen molar-refractivity contribution in [3.8, 4) is 0 Å². The fourth-order valence-corrected chi connectivity index (χ4v) is 7.82. The van der Waals surface area contributed by atoms with Gasteiger partial charge in [0.1, 0.15) is 24.1 Å². The summed E-state index contributed by atoms with van der Waals surface area (Å²) in [5.74, 6) is -3.05. The predicted molar refractivity (Wildman–Crippen MR) is 192 cm³/mol. The number of aliphatic hydroxyl groups excluding tert-OH is 3. The predicted octanol–water partition coefficient (Wildman–Crippen LogP) is 5.94. The zero-order valence-corrected chi connectivity index (χ0v) is 31.9. The van der Waals surface area contributed by atoms with E-state index in [1.165, 1.54) is 0 Å². The molecule has 14 atom stereocenters. The van der Waals surface area contributed by atoms with Crippen LogP contribution < -0.4 is 0 Å². The topological polar surface area (TPSA) is 152 Å². The minimum absolute atomic E-state index is 0.0163. The maximum Gasteiger partial charge on any atom is 0.311 e. The molecule has 0 aromatic rings. The molecule has 286 valence electrons. The third-order valence-corrected chi connectivity index (χ3v) is 11.0. The van der Waals surface area contributed by atoms with Crippen LogP contribution in [0, 0.1) is 29.6 Å². The van der Waals surface area contributed by atoms with Crippen molar-refractivity contribution in [3.63, 3.8) is 0 Å². The van der Waals surface area contributed by atoms with E-state index in [4.69, 9.17) is 18.9 Å². The summed E-state index contributed by atoms with van der Waals surface area (Å²) in [7, 11) is 0. The molecule has 0 spiro atoms. The lowest BCUT2D eigenvalue weighted by atomic mass is 9.79. The summed E-state index contributed by atoms with van der Waals surface area (Å²) in [6.45, 7) is 17.3. The van der Waals surface area contributed by atoms with Crippen molar-refractivity contribution in [3.05, 3.63) is 35.5 Å². The van der Waals surface area contributed by atoms with Gasteiger partial charge >= 0.3 is 5.97 Å². The van der Waals surface area contributed by atoms with Crippen LogP contribution in [0.25, 0.3) is 0 Å². The zero-order valence-electron chi connectivity index (χ0n) is 31.9. The first-order valence-corrected chi connectivity index (χ1v) is 18.9. The molecule has 4 N–H and O–H groups in total. The molecule has 10 nitrogen and oxygen atoms in total. The molecule has 0 saturated carbocycles. The number of esters is 1. The van der Waals surface area contributed by atoms with Gasteiger partial charge in [-0.2, -0.15) is 0 Å². The van der Waals surface area contributed by atoms with Gasteiger partial charge in [-0.05, 0) is 87.7 Å². The second-order valence-electron chi connectivity index (χ2n) is 15.7. The fraction of sp³-hybridized carbons (Fsp3) is 0.800. The highest BCUT2D eigenvalue weighted by Gasteiger charge is 2.40. The summed E-state index contributed by atoms with van der Waals surface area (Å²) < 4.78 is 24.7. The van der Waals surface area contributed by atoms with Crippen molar-refractivity contribution in [2.75, 3.05) is 0 Å². The summed E-state index contributed by atoms with van der Waals surface area (Å²) in [5.41, 5.74) is 1.91. The van der Waals surface area contributed by atoms with Crippen molar-refractivity contribution in [1.29, 1.82) is 0 Å². The number of fused-ring (bicyclic) bond motifs is 2. The third kappa shape index (κ3) is 12.1. The van der Waals surface area contributed by atoms with Gasteiger partial charge in [-0.15, -0.1) is 0 Å². The van der Waals surface area contributed by atoms with Crippen LogP contribution in [-0.2, 0) is 28.5 Å². The van der Waals surface area contributed by atoms with E-state index in [1.54, 1.807) is 20.8 Å². The smallest absolute Gasteiger partial charge is 0.311 e. The Kier molecular flexibility index (Phi) is 16.4. The van der Waals surface area contributed by atoms with Crippen molar-refractivity contribution >= 4 is 11.8 Å². The van der Waals surface area contributed by atoms with Crippen molar-refractivity contribution < 1.29 is 49.0 Å². The Bertz CT molecular complexity index is 1180. The average molecular weight is 707 g/mol. The van der Waals surface area contributed by atoms with Crippen LogP contribution in [0.2, 0.25) is 0 Å². The maximum atomic E-state index is 13.6. The number of hydrogen-bond acceptors (Lipinski definition) is 10. The summed E-state index contributed by atoms with van der Waals surface area (Å²) in [5, 5.41) is 43.0. The van der Waals surface area contributed by atoms with E-state index in [9.17, 15) is 30.0 Å². The van der Waals surface area contributed by atoms with Crippen LogP contribution in [0.15, 0.2) is 35.5 Å². The number of allylic oxidation sites excluding steroid dienone is 2. The molecule has 0 aromatic carbocycles. The molecule has 3 aliphatic rings. The SMILES string of the molecule is CCC(=O)[C@@H](C)[C@@H](O)[C@H](C)C[C@@H](C)[C@H]1OC(=O)C[C@@]2(O)CC=C(C)[C@H](O2)C(C)=CCCC[C@@H](O[C@H]2C[C@@H](O)[C@H](O)[C@@H](C)O2)C=C[C@H](C)C[C@H]1C. The minimum atomic E-state index is -1.71. The van der Waals surface area contributed by atoms with Crippen LogP contribution in [0.5, 0.6) is 0 Å². The van der Waals surface area contributed by atoms with E-state index < -0.39 is 60.6 Å². The fourth-order valence-electron chi connectivity index (χ4n) is 7.82. The normalized spacial score (nSPS) is 37.6. The number of aliphatic hydroxyl groups is 4. The first-order chi connectivity index (χ1) is 23.4. The number of carbonyl (C=O) groups excluding carboxylic acids is 2. The monoisotopic (exact) mass is 706 g/mol. The largest absolute Gasteiger partial charge is 0.462 e. The number of Topliss-reactive ketones (excluding diaryl/α,β-unsaturated/α-hetero) is 1. The summed E-state index contributed by atoms with van der Waals surface area (Å²) >= 11 is 0. The van der Waals surface area contributed by atoms with E-state index in [-0.39, 0.29) is 54.8 Å². The van der Waals surface area contributed by atoms with Crippen LogP contribution >= 0.6 is 0 Å². The molecule has 10 heteroatoms. The maximum absolute atomic E-state index is 13.6. The van der Waals surface area contributed by atoms with Gasteiger partial charge in [-0.25, -0.2) is 0 Å². The van der Waals surface area contributed by atoms with Gasteiger partial charge < -0.3 is 39.4 Å². The highest BCUT2D eigenvalue weighted by molar-refractivity contribution is 5.80. The van der Waals surface area contributed by atoms with E-state index >= 15 is 0 Å². The van der Waals surface area contributed by atoms with Crippen molar-refractivity contribution in [1.82, 2.24) is 0 Å². The molecule has 0 aromatic heterocycles. The van der Waals surface area contributed by atoms with E-state index in [1.807, 2.05) is 33.8 Å². The molecule has 3 rings (SSSR count). The molecular formula is C40H66O10. The molecule has 0 aliphatic carbocycles. The Morgan fingerprint density at radius 3 is 2.40 bits per heavy atom. The molecule has 0 amide bonds. The third-order valence-electron chi connectivity index (χ3n) is 11.0. The number of cyclic esters (lactones) is 1. The lowest BCUT2D eigenvalue weighted by Gasteiger charge is -2.38. The number of hydrogen-bond donors (Lipinski definition) is 4. The van der Waals surface area contributed by atoms with Crippen molar-refractivity contribution in [2.45, 2.75) is 175 Å². The average Bonchev–Trinajstić information content (AvgIpc) is 3.05. The molecular weight excluding hydrogens is 640 g/mol. The lowest BCUT2D eigenvalue weighted by Crippen LogP contribution is -2.48. The van der Waals surface area contributed by atoms with Gasteiger partial charge in [-0.3, -0.25) is 9.59 Å². The van der Waals surface area contributed by atoms with E-state index in [0.29, 0.717) is 25.7 Å². The molecule has 1 saturated heterocycles. The van der Waals surface area contributed by atoms with Gasteiger partial charge in [-0.1, -0.05) is 65.8 Å². The van der Waals surface area contributed by atoms with Gasteiger partial charge in [0, 0.05) is 25.2 Å². The Morgan fingerprint density at radius 2 is 1.74 bits per heavy atom. The Balaban J connectivity index is 1.88. The second-order valence-corrected chi connectivity index (χ2v) is 15.7. The first-order valence-electron chi connectivity index (χ1n) is 18.9. The number of ether oxygens (including phenoxy) is 4. The van der Waals surface area contributed by atoms with Gasteiger partial charge in [0.2, 0.25) is 0 Å². The van der Waals surface area contributed by atoms with Gasteiger partial charge in [0.05, 0.1) is 30.8 Å². The second kappa shape index (κ2) is 19.2. The molecule has 50 heavy (non-hydrogen) atoms. The van der Waals surface area contributed by atoms with Crippen molar-refractivity contribution in [2.24, 2.45) is 29.6 Å². The summed E-state index contributed by atoms with van der Waals surface area (Å²) in [6.07, 6.45) is 6.93. The summed E-state index contributed by atoms with van der Waals surface area (Å²) in [6, 6.07) is 0. The van der Waals surface area contributed by atoms with Crippen LogP contribution in [0.1, 0.15) is 120 Å². The molecule has 0 radical (unpaired) electrons. The Labute approximate surface area is 300 Å². The van der Waals surface area contributed by atoms with Gasteiger partial charge in [0.25, 0.3) is 0 Å². The number of rotatable bonds is 9. The van der Waals surface area contributed by atoms with Crippen LogP contribution in [0.4, 0.5) is 0 Å². The highest BCUT2D eigenvalue weighted by Crippen LogP contribution is 2.35. The first kappa shape index (κ1) is 42.5. The van der Waals surface area contributed by atoms with Crippen LogP contribution in [0.3, 0.4) is 0 Å². The Hall–Kier alpha value is -1.92. The van der Waals surface area contributed by atoms with E-state index in [2.05, 4.69) is 32.1 Å². The minimum Gasteiger partial charge on any atom is -0.462 e. The standard InChI is InChI=1S/C40H66O10/c1-10-32(41)29(8)36(44)26(5)20-28(7)38-27(6)19-23(2)15-16-31(48-35-21-33(42)37(45)30(9)47-35)14-12-11-13-24(3)39-25(4)17-18-40(46,50-39)22-34(43)49-38/h13,15-17,23,26-31,33,35-39,42,44-46H,10-12,14,18-22H2,1-9H3/t23-,26+,27+,28+,29+,30+,31+,33+,35-,36-,37+,38-,39+,40+/m0/s1. The molecule has 0 unspecified atom stereocenters. The molecule has 3 aliphatic heterocycles. The molecule has 3 heterocycles.